The van der Waals surface area contributed by atoms with E-state index in [9.17, 15) is 14.4 Å². The van der Waals surface area contributed by atoms with Crippen molar-refractivity contribution in [3.05, 3.63) is 114 Å². The molecule has 6 rings (SSSR count). The van der Waals surface area contributed by atoms with Crippen LogP contribution in [-0.4, -0.2) is 35.5 Å². The van der Waals surface area contributed by atoms with E-state index in [0.717, 1.165) is 39.1 Å². The highest BCUT2D eigenvalue weighted by Gasteiger charge is 2.49. The van der Waals surface area contributed by atoms with Gasteiger partial charge >= 0.3 is 0 Å². The number of Topliss-reactive ketones (excluding diaryl/α,β-unsaturated/α-hetero) is 2. The SMILES string of the molecule is Cc1ccc(NC(=O)COc2c(Br)cc(Br)cc2C2C3=C(CC(C)(C)CC3=O)N(CCc3ccccc3)C3=C2C(=O)CC(C)(C)C3)c(C)c1. The first-order chi connectivity index (χ1) is 23.1. The van der Waals surface area contributed by atoms with Crippen LogP contribution in [0.4, 0.5) is 5.69 Å². The standard InChI is InChI=1S/C41H44Br2N2O4/c1-24-12-13-30(25(2)16-24)44-35(48)23-49-39-28(17-27(42)18-29(39)43)36-37-31(19-40(3,4)21-33(37)46)45(15-14-26-10-8-7-9-11-26)32-20-41(5,6)22-34(47)38(32)36/h7-13,16-18,36H,14-15,19-23H2,1-6H3,(H,44,48). The van der Waals surface area contributed by atoms with Crippen LogP contribution in [0.3, 0.4) is 0 Å². The number of rotatable bonds is 8. The largest absolute Gasteiger partial charge is 0.482 e. The molecule has 0 aromatic heterocycles. The van der Waals surface area contributed by atoms with Crippen molar-refractivity contribution in [3.8, 4) is 5.75 Å². The zero-order valence-electron chi connectivity index (χ0n) is 29.1. The fraction of sp³-hybridized carbons (Fsp3) is 0.390. The van der Waals surface area contributed by atoms with Crippen LogP contribution < -0.4 is 10.1 Å². The highest BCUT2D eigenvalue weighted by atomic mass is 79.9. The summed E-state index contributed by atoms with van der Waals surface area (Å²) >= 11 is 7.39. The molecule has 1 heterocycles. The van der Waals surface area contributed by atoms with Crippen LogP contribution in [0.1, 0.15) is 81.5 Å². The number of carbonyl (C=O) groups is 3. The number of nitrogens with zero attached hydrogens (tertiary/aromatic N) is 1. The number of ketones is 2. The van der Waals surface area contributed by atoms with Gasteiger partial charge in [-0.25, -0.2) is 0 Å². The molecule has 0 fully saturated rings. The Labute approximate surface area is 306 Å². The molecule has 2 aliphatic carbocycles. The van der Waals surface area contributed by atoms with Crippen molar-refractivity contribution in [1.29, 1.82) is 0 Å². The highest BCUT2D eigenvalue weighted by Crippen LogP contribution is 2.56. The third-order valence-electron chi connectivity index (χ3n) is 9.84. The Morgan fingerprint density at radius 3 is 2.06 bits per heavy atom. The smallest absolute Gasteiger partial charge is 0.262 e. The molecule has 1 aliphatic heterocycles. The maximum atomic E-state index is 14.4. The van der Waals surface area contributed by atoms with Gasteiger partial charge in [0.25, 0.3) is 5.91 Å². The molecule has 0 radical (unpaired) electrons. The summed E-state index contributed by atoms with van der Waals surface area (Å²) in [7, 11) is 0. The predicted octanol–water partition coefficient (Wildman–Crippen LogP) is 9.77. The summed E-state index contributed by atoms with van der Waals surface area (Å²) in [6.45, 7) is 13.0. The van der Waals surface area contributed by atoms with Gasteiger partial charge in [-0.1, -0.05) is 91.7 Å². The summed E-state index contributed by atoms with van der Waals surface area (Å²) in [5.41, 5.74) is 7.60. The topological polar surface area (TPSA) is 75.7 Å². The second-order valence-electron chi connectivity index (χ2n) is 15.4. The minimum Gasteiger partial charge on any atom is -0.482 e. The molecule has 3 aliphatic rings. The normalized spacial score (nSPS) is 18.7. The van der Waals surface area contributed by atoms with Gasteiger partial charge in [-0.2, -0.15) is 0 Å². The average Bonchev–Trinajstić information content (AvgIpc) is 2.99. The van der Waals surface area contributed by atoms with E-state index in [1.54, 1.807) is 0 Å². The number of halogens is 2. The fourth-order valence-electron chi connectivity index (χ4n) is 7.74. The monoisotopic (exact) mass is 786 g/mol. The second-order valence-corrected chi connectivity index (χ2v) is 17.2. The Morgan fingerprint density at radius 2 is 1.47 bits per heavy atom. The lowest BCUT2D eigenvalue weighted by Crippen LogP contribution is -2.45. The summed E-state index contributed by atoms with van der Waals surface area (Å²) in [6.07, 6.45) is 3.00. The number of nitrogens with one attached hydrogen (secondary N) is 1. The lowest BCUT2D eigenvalue weighted by Gasteiger charge is -2.49. The van der Waals surface area contributed by atoms with Crippen LogP contribution in [0, 0.1) is 24.7 Å². The van der Waals surface area contributed by atoms with E-state index < -0.39 is 5.92 Å². The molecule has 0 bridgehead atoms. The molecule has 0 saturated heterocycles. The Hall–Kier alpha value is -3.49. The van der Waals surface area contributed by atoms with Crippen LogP contribution in [-0.2, 0) is 20.8 Å². The first kappa shape index (κ1) is 35.3. The third kappa shape index (κ3) is 7.51. The number of hydrogen-bond acceptors (Lipinski definition) is 5. The number of aryl methyl sites for hydroxylation is 2. The molecule has 0 atom stereocenters. The van der Waals surface area contributed by atoms with E-state index >= 15 is 0 Å². The molecule has 49 heavy (non-hydrogen) atoms. The molecule has 256 valence electrons. The van der Waals surface area contributed by atoms with E-state index in [1.165, 1.54) is 5.56 Å². The zero-order valence-corrected chi connectivity index (χ0v) is 32.3. The first-order valence-electron chi connectivity index (χ1n) is 17.0. The van der Waals surface area contributed by atoms with Crippen LogP contribution in [0.15, 0.2) is 92.1 Å². The van der Waals surface area contributed by atoms with Gasteiger partial charge in [0, 0.05) is 63.6 Å². The van der Waals surface area contributed by atoms with Gasteiger partial charge in [-0.3, -0.25) is 14.4 Å². The van der Waals surface area contributed by atoms with E-state index in [1.807, 2.05) is 62.4 Å². The van der Waals surface area contributed by atoms with Crippen LogP contribution in [0.2, 0.25) is 0 Å². The molecule has 0 unspecified atom stereocenters. The van der Waals surface area contributed by atoms with Crippen molar-refractivity contribution in [2.45, 2.75) is 79.6 Å². The van der Waals surface area contributed by atoms with Crippen molar-refractivity contribution >= 4 is 55.0 Å². The number of benzene rings is 3. The van der Waals surface area contributed by atoms with Gasteiger partial charge < -0.3 is 15.0 Å². The summed E-state index contributed by atoms with van der Waals surface area (Å²) in [5, 5.41) is 2.97. The Kier molecular flexibility index (Phi) is 9.86. The average molecular weight is 789 g/mol. The number of carbonyl (C=O) groups excluding carboxylic acids is 3. The molecular weight excluding hydrogens is 744 g/mol. The predicted molar refractivity (Wildman–Crippen MR) is 202 cm³/mol. The molecule has 3 aromatic carbocycles. The lowest BCUT2D eigenvalue weighted by atomic mass is 9.63. The number of hydrogen-bond donors (Lipinski definition) is 1. The summed E-state index contributed by atoms with van der Waals surface area (Å²) in [4.78, 5) is 44.4. The Bertz CT molecular complexity index is 1850. The first-order valence-corrected chi connectivity index (χ1v) is 18.5. The highest BCUT2D eigenvalue weighted by molar-refractivity contribution is 9.11. The number of allylic oxidation sites excluding steroid dienone is 4. The fourth-order valence-corrected chi connectivity index (χ4v) is 9.11. The molecule has 0 spiro atoms. The third-order valence-corrected chi connectivity index (χ3v) is 10.9. The maximum Gasteiger partial charge on any atom is 0.262 e. The van der Waals surface area contributed by atoms with Gasteiger partial charge in [0.15, 0.2) is 18.2 Å². The lowest BCUT2D eigenvalue weighted by molar-refractivity contribution is -0.120. The molecule has 3 aromatic rings. The zero-order chi connectivity index (χ0) is 35.2. The van der Waals surface area contributed by atoms with Crippen molar-refractivity contribution in [1.82, 2.24) is 4.90 Å². The van der Waals surface area contributed by atoms with E-state index in [2.05, 4.69) is 81.9 Å². The maximum absolute atomic E-state index is 14.4. The minimum absolute atomic E-state index is 0.0554. The molecular formula is C41H44Br2N2O4. The van der Waals surface area contributed by atoms with Gasteiger partial charge in [0.2, 0.25) is 0 Å². The molecule has 1 amide bonds. The summed E-state index contributed by atoms with van der Waals surface area (Å²) in [6, 6.07) is 20.1. The van der Waals surface area contributed by atoms with E-state index in [0.29, 0.717) is 59.2 Å². The van der Waals surface area contributed by atoms with E-state index in [4.69, 9.17) is 4.74 Å². The Morgan fingerprint density at radius 1 is 0.857 bits per heavy atom. The number of amides is 1. The second kappa shape index (κ2) is 13.7. The molecule has 1 N–H and O–H groups in total. The van der Waals surface area contributed by atoms with Crippen LogP contribution in [0.5, 0.6) is 5.75 Å². The minimum atomic E-state index is -0.614. The molecule has 8 heteroatoms. The molecule has 0 saturated carbocycles. The quantitative estimate of drug-likeness (QED) is 0.246. The van der Waals surface area contributed by atoms with Gasteiger partial charge in [0.05, 0.1) is 4.47 Å². The Balaban J connectivity index is 1.46. The van der Waals surface area contributed by atoms with Gasteiger partial charge in [-0.05, 0) is 89.2 Å². The van der Waals surface area contributed by atoms with Crippen molar-refractivity contribution in [3.63, 3.8) is 0 Å². The summed E-state index contributed by atoms with van der Waals surface area (Å²) in [5.74, 6) is -0.346. The van der Waals surface area contributed by atoms with Crippen LogP contribution in [0.25, 0.3) is 0 Å². The van der Waals surface area contributed by atoms with Crippen molar-refractivity contribution in [2.24, 2.45) is 10.8 Å². The van der Waals surface area contributed by atoms with Crippen LogP contribution >= 0.6 is 31.9 Å². The summed E-state index contributed by atoms with van der Waals surface area (Å²) < 4.78 is 7.78. The molecule has 6 nitrogen and oxygen atoms in total. The number of ether oxygens (including phenoxy) is 1. The van der Waals surface area contributed by atoms with Crippen molar-refractivity contribution < 1.29 is 19.1 Å². The van der Waals surface area contributed by atoms with E-state index in [-0.39, 0.29) is 34.9 Å². The van der Waals surface area contributed by atoms with Gasteiger partial charge in [0.1, 0.15) is 5.75 Å². The van der Waals surface area contributed by atoms with Crippen molar-refractivity contribution in [2.75, 3.05) is 18.5 Å². The number of anilines is 1. The van der Waals surface area contributed by atoms with Gasteiger partial charge in [-0.15, -0.1) is 0 Å².